The zero-order valence-electron chi connectivity index (χ0n) is 15.4. The summed E-state index contributed by atoms with van der Waals surface area (Å²) in [4.78, 5) is 12.7. The number of hydrogen-bond donors (Lipinski definition) is 1. The lowest BCUT2D eigenvalue weighted by atomic mass is 10.0. The minimum absolute atomic E-state index is 0.135. The number of benzene rings is 3. The average Bonchev–Trinajstić information content (AvgIpc) is 3.05. The van der Waals surface area contributed by atoms with Crippen LogP contribution in [0.3, 0.4) is 0 Å². The van der Waals surface area contributed by atoms with Crippen LogP contribution in [0.1, 0.15) is 29.2 Å². The number of anilines is 1. The van der Waals surface area contributed by atoms with Crippen molar-refractivity contribution in [2.24, 2.45) is 0 Å². The topological polar surface area (TPSA) is 38.3 Å². The van der Waals surface area contributed by atoms with Crippen molar-refractivity contribution in [2.45, 2.75) is 39.7 Å². The van der Waals surface area contributed by atoms with Gasteiger partial charge in [-0.1, -0.05) is 36.4 Å². The highest BCUT2D eigenvalue weighted by molar-refractivity contribution is 6.06. The molecule has 1 aliphatic carbocycles. The Labute approximate surface area is 154 Å². The van der Waals surface area contributed by atoms with E-state index in [1.165, 1.54) is 16.5 Å². The van der Waals surface area contributed by atoms with Gasteiger partial charge in [-0.15, -0.1) is 0 Å². The van der Waals surface area contributed by atoms with E-state index in [-0.39, 0.29) is 5.91 Å². The standard InChI is InChI=1S/C23H23NO2/c1-14-7-8-15(2)21(13-14)26-16(3)23(25)24-20-12-11-18-10-9-17-5-4-6-19(20)22(17)18/h4-8,11-13,16H,9-10H2,1-3H3,(H,24,25)/t16-/m0/s1. The van der Waals surface area contributed by atoms with Gasteiger partial charge in [0, 0.05) is 11.1 Å². The first-order valence-corrected chi connectivity index (χ1v) is 9.11. The van der Waals surface area contributed by atoms with E-state index in [4.69, 9.17) is 4.74 Å². The van der Waals surface area contributed by atoms with E-state index in [2.05, 4.69) is 29.6 Å². The van der Waals surface area contributed by atoms with Gasteiger partial charge in [0.2, 0.25) is 0 Å². The van der Waals surface area contributed by atoms with E-state index in [0.717, 1.165) is 40.8 Å². The van der Waals surface area contributed by atoms with Crippen LogP contribution < -0.4 is 10.1 Å². The highest BCUT2D eigenvalue weighted by atomic mass is 16.5. The summed E-state index contributed by atoms with van der Waals surface area (Å²) in [6, 6.07) is 16.5. The molecule has 0 unspecified atom stereocenters. The molecule has 0 saturated heterocycles. The second-order valence-electron chi connectivity index (χ2n) is 7.13. The predicted octanol–water partition coefficient (Wildman–Crippen LogP) is 4.96. The van der Waals surface area contributed by atoms with Gasteiger partial charge in [0.1, 0.15) is 5.75 Å². The molecule has 3 nitrogen and oxygen atoms in total. The first-order chi connectivity index (χ1) is 12.5. The molecular weight excluding hydrogens is 322 g/mol. The molecule has 132 valence electrons. The van der Waals surface area contributed by atoms with Gasteiger partial charge < -0.3 is 10.1 Å². The molecule has 26 heavy (non-hydrogen) atoms. The molecule has 0 saturated carbocycles. The lowest BCUT2D eigenvalue weighted by Gasteiger charge is -2.18. The van der Waals surface area contributed by atoms with Crippen molar-refractivity contribution < 1.29 is 9.53 Å². The molecule has 0 fully saturated rings. The third kappa shape index (κ3) is 2.94. The van der Waals surface area contributed by atoms with Crippen LogP contribution in [0.5, 0.6) is 5.75 Å². The van der Waals surface area contributed by atoms with Crippen molar-refractivity contribution >= 4 is 22.4 Å². The van der Waals surface area contributed by atoms with Crippen LogP contribution in [-0.4, -0.2) is 12.0 Å². The molecule has 0 heterocycles. The Morgan fingerprint density at radius 3 is 2.62 bits per heavy atom. The van der Waals surface area contributed by atoms with E-state index in [9.17, 15) is 4.79 Å². The van der Waals surface area contributed by atoms with Gasteiger partial charge in [-0.05, 0) is 73.4 Å². The molecule has 1 amide bonds. The highest BCUT2D eigenvalue weighted by Gasteiger charge is 2.20. The maximum atomic E-state index is 12.7. The van der Waals surface area contributed by atoms with Crippen molar-refractivity contribution in [2.75, 3.05) is 5.32 Å². The highest BCUT2D eigenvalue weighted by Crippen LogP contribution is 2.35. The number of hydrogen-bond acceptors (Lipinski definition) is 2. The zero-order chi connectivity index (χ0) is 18.3. The average molecular weight is 345 g/mol. The van der Waals surface area contributed by atoms with Crippen LogP contribution in [0.15, 0.2) is 48.5 Å². The molecule has 1 atom stereocenters. The molecule has 4 rings (SSSR count). The van der Waals surface area contributed by atoms with E-state index in [0.29, 0.717) is 0 Å². The number of nitrogens with one attached hydrogen (secondary N) is 1. The minimum Gasteiger partial charge on any atom is -0.481 e. The summed E-state index contributed by atoms with van der Waals surface area (Å²) in [5.41, 5.74) is 5.74. The Balaban J connectivity index is 1.57. The molecule has 3 aromatic rings. The summed E-state index contributed by atoms with van der Waals surface area (Å²) in [6.07, 6.45) is 1.59. The second kappa shape index (κ2) is 6.49. The third-order valence-electron chi connectivity index (χ3n) is 5.15. The molecule has 0 aliphatic heterocycles. The first-order valence-electron chi connectivity index (χ1n) is 9.11. The van der Waals surface area contributed by atoms with Crippen LogP contribution in [0, 0.1) is 13.8 Å². The molecular formula is C23H23NO2. The van der Waals surface area contributed by atoms with E-state index >= 15 is 0 Å². The quantitative estimate of drug-likeness (QED) is 0.726. The number of aryl methyl sites for hydroxylation is 4. The van der Waals surface area contributed by atoms with Gasteiger partial charge in [-0.25, -0.2) is 0 Å². The fraction of sp³-hybridized carbons (Fsp3) is 0.261. The summed E-state index contributed by atoms with van der Waals surface area (Å²) in [7, 11) is 0. The van der Waals surface area contributed by atoms with Gasteiger partial charge in [-0.3, -0.25) is 4.79 Å². The van der Waals surface area contributed by atoms with Crippen LogP contribution in [0.2, 0.25) is 0 Å². The molecule has 0 bridgehead atoms. The number of ether oxygens (including phenoxy) is 1. The van der Waals surface area contributed by atoms with E-state index in [1.54, 1.807) is 6.92 Å². The van der Waals surface area contributed by atoms with Gasteiger partial charge in [0.25, 0.3) is 5.91 Å². The molecule has 1 N–H and O–H groups in total. The van der Waals surface area contributed by atoms with Gasteiger partial charge in [0.15, 0.2) is 6.10 Å². The molecule has 3 heteroatoms. The maximum absolute atomic E-state index is 12.7. The SMILES string of the molecule is Cc1ccc(C)c(O[C@@H](C)C(=O)Nc2ccc3c4c(cccc24)CC3)c1. The molecule has 3 aromatic carbocycles. The summed E-state index contributed by atoms with van der Waals surface area (Å²) < 4.78 is 5.92. The number of amides is 1. The van der Waals surface area contributed by atoms with Crippen LogP contribution in [0.4, 0.5) is 5.69 Å². The molecule has 0 aromatic heterocycles. The van der Waals surface area contributed by atoms with Crippen LogP contribution >= 0.6 is 0 Å². The Kier molecular flexibility index (Phi) is 4.15. The lowest BCUT2D eigenvalue weighted by molar-refractivity contribution is -0.122. The van der Waals surface area contributed by atoms with Crippen molar-refractivity contribution in [1.29, 1.82) is 0 Å². The number of carbonyl (C=O) groups excluding carboxylic acids is 1. The Hall–Kier alpha value is -2.81. The second-order valence-corrected chi connectivity index (χ2v) is 7.13. The molecule has 0 spiro atoms. The Morgan fingerprint density at radius 2 is 1.81 bits per heavy atom. The largest absolute Gasteiger partial charge is 0.481 e. The number of rotatable bonds is 4. The summed E-state index contributed by atoms with van der Waals surface area (Å²) >= 11 is 0. The fourth-order valence-corrected chi connectivity index (χ4v) is 3.67. The lowest BCUT2D eigenvalue weighted by Crippen LogP contribution is -2.30. The van der Waals surface area contributed by atoms with Gasteiger partial charge in [0.05, 0.1) is 0 Å². The summed E-state index contributed by atoms with van der Waals surface area (Å²) in [5, 5.41) is 5.47. The van der Waals surface area contributed by atoms with E-state index in [1.807, 2.05) is 38.1 Å². The van der Waals surface area contributed by atoms with Crippen LogP contribution in [-0.2, 0) is 17.6 Å². The normalized spacial score (nSPS) is 13.7. The zero-order valence-corrected chi connectivity index (χ0v) is 15.4. The monoisotopic (exact) mass is 345 g/mol. The Bertz CT molecular complexity index is 996. The first kappa shape index (κ1) is 16.6. The van der Waals surface area contributed by atoms with Crippen molar-refractivity contribution in [1.82, 2.24) is 0 Å². The van der Waals surface area contributed by atoms with Crippen molar-refractivity contribution in [3.63, 3.8) is 0 Å². The van der Waals surface area contributed by atoms with E-state index < -0.39 is 6.10 Å². The maximum Gasteiger partial charge on any atom is 0.265 e. The third-order valence-corrected chi connectivity index (χ3v) is 5.15. The van der Waals surface area contributed by atoms with Crippen molar-refractivity contribution in [3.05, 3.63) is 70.8 Å². The van der Waals surface area contributed by atoms with Crippen LogP contribution in [0.25, 0.3) is 10.8 Å². The van der Waals surface area contributed by atoms with Gasteiger partial charge >= 0.3 is 0 Å². The smallest absolute Gasteiger partial charge is 0.265 e. The number of carbonyl (C=O) groups is 1. The summed E-state index contributed by atoms with van der Waals surface area (Å²) in [5.74, 6) is 0.623. The minimum atomic E-state index is -0.571. The van der Waals surface area contributed by atoms with Crippen molar-refractivity contribution in [3.8, 4) is 5.75 Å². The summed E-state index contributed by atoms with van der Waals surface area (Å²) in [6.45, 7) is 5.80. The Morgan fingerprint density at radius 1 is 1.04 bits per heavy atom. The predicted molar refractivity (Wildman–Crippen MR) is 106 cm³/mol. The molecule has 1 aliphatic rings. The molecule has 0 radical (unpaired) electrons. The fourth-order valence-electron chi connectivity index (χ4n) is 3.67. The van der Waals surface area contributed by atoms with Gasteiger partial charge in [-0.2, -0.15) is 0 Å².